The Hall–Kier alpha value is -4.25. The first-order chi connectivity index (χ1) is 15.1. The molecule has 0 spiro atoms. The van der Waals surface area contributed by atoms with E-state index >= 15 is 0 Å². The number of terminal acetylenes is 1. The van der Waals surface area contributed by atoms with Gasteiger partial charge in [0.05, 0.1) is 18.3 Å². The molecule has 8 nitrogen and oxygen atoms in total. The van der Waals surface area contributed by atoms with Crippen molar-refractivity contribution in [3.05, 3.63) is 60.1 Å². The lowest BCUT2D eigenvalue weighted by Crippen LogP contribution is -2.16. The zero-order chi connectivity index (χ0) is 21.8. The zero-order valence-electron chi connectivity index (χ0n) is 16.8. The Bertz CT molecular complexity index is 1250. The smallest absolute Gasteiger partial charge is 0.330 e. The summed E-state index contributed by atoms with van der Waals surface area (Å²) in [5.74, 6) is 2.61. The molecule has 1 aliphatic rings. The Labute approximate surface area is 179 Å². The average Bonchev–Trinajstić information content (AvgIpc) is 3.20. The Balaban J connectivity index is 1.65. The molecule has 3 heterocycles. The molecule has 0 atom stereocenters. The third-order valence-corrected chi connectivity index (χ3v) is 4.81. The van der Waals surface area contributed by atoms with Gasteiger partial charge in [-0.05, 0) is 37.1 Å². The van der Waals surface area contributed by atoms with Crippen LogP contribution in [0.5, 0.6) is 0 Å². The Morgan fingerprint density at radius 1 is 1.26 bits per heavy atom. The second kappa shape index (κ2) is 8.63. The maximum atomic E-state index is 12.1. The fraction of sp³-hybridized carbons (Fsp3) is 0.174. The van der Waals surface area contributed by atoms with Crippen LogP contribution in [0.4, 0.5) is 17.3 Å². The van der Waals surface area contributed by atoms with Crippen molar-refractivity contribution >= 4 is 40.1 Å². The van der Waals surface area contributed by atoms with E-state index in [2.05, 4.69) is 31.1 Å². The second-order valence-corrected chi connectivity index (χ2v) is 6.75. The maximum absolute atomic E-state index is 12.1. The Morgan fingerprint density at radius 3 is 2.94 bits per heavy atom. The quantitative estimate of drug-likeness (QED) is 0.390. The summed E-state index contributed by atoms with van der Waals surface area (Å²) in [4.78, 5) is 38.6. The van der Waals surface area contributed by atoms with Crippen LogP contribution in [-0.4, -0.2) is 40.0 Å². The number of nitrogens with zero attached hydrogens (tertiary/aromatic N) is 4. The van der Waals surface area contributed by atoms with Gasteiger partial charge in [-0.2, -0.15) is 0 Å². The van der Waals surface area contributed by atoms with Gasteiger partial charge in [-0.3, -0.25) is 4.79 Å². The first-order valence-electron chi connectivity index (χ1n) is 9.72. The zero-order valence-corrected chi connectivity index (χ0v) is 16.8. The molecule has 0 unspecified atom stereocenters. The minimum Gasteiger partial charge on any atom is -0.463 e. The summed E-state index contributed by atoms with van der Waals surface area (Å²) in [7, 11) is 0. The van der Waals surface area contributed by atoms with Gasteiger partial charge in [-0.15, -0.1) is 6.42 Å². The van der Waals surface area contributed by atoms with E-state index in [-0.39, 0.29) is 6.61 Å². The van der Waals surface area contributed by atoms with Crippen LogP contribution in [0.1, 0.15) is 18.1 Å². The van der Waals surface area contributed by atoms with Crippen molar-refractivity contribution in [1.29, 1.82) is 0 Å². The molecular formula is C23H19N5O3. The van der Waals surface area contributed by atoms with Crippen molar-refractivity contribution in [2.24, 2.45) is 0 Å². The van der Waals surface area contributed by atoms with Gasteiger partial charge in [0.25, 0.3) is 0 Å². The third-order valence-electron chi connectivity index (χ3n) is 4.81. The van der Waals surface area contributed by atoms with Crippen LogP contribution in [0.25, 0.3) is 10.9 Å². The van der Waals surface area contributed by atoms with Crippen molar-refractivity contribution in [1.82, 2.24) is 15.0 Å². The van der Waals surface area contributed by atoms with Crippen LogP contribution in [0.2, 0.25) is 0 Å². The van der Waals surface area contributed by atoms with Gasteiger partial charge in [0.1, 0.15) is 18.0 Å². The second-order valence-electron chi connectivity index (χ2n) is 6.75. The fourth-order valence-corrected chi connectivity index (χ4v) is 3.42. The number of fused-ring (bicyclic) bond motifs is 2. The summed E-state index contributed by atoms with van der Waals surface area (Å²) < 4.78 is 4.76. The molecule has 31 heavy (non-hydrogen) atoms. The predicted octanol–water partition coefficient (Wildman–Crippen LogP) is 2.76. The first-order valence-corrected chi connectivity index (χ1v) is 9.72. The molecule has 4 rings (SSSR count). The van der Waals surface area contributed by atoms with E-state index in [0.29, 0.717) is 17.2 Å². The minimum atomic E-state index is -0.584. The summed E-state index contributed by atoms with van der Waals surface area (Å²) in [5.41, 5.74) is 3.64. The summed E-state index contributed by atoms with van der Waals surface area (Å²) in [5, 5.41) is 3.38. The van der Waals surface area contributed by atoms with Crippen LogP contribution in [-0.2, 0) is 20.7 Å². The van der Waals surface area contributed by atoms with Crippen molar-refractivity contribution in [2.45, 2.75) is 13.3 Å². The monoisotopic (exact) mass is 413 g/mol. The van der Waals surface area contributed by atoms with Gasteiger partial charge >= 0.3 is 5.97 Å². The number of hydrogen-bond acceptors (Lipinski definition) is 7. The highest BCUT2D eigenvalue weighted by Crippen LogP contribution is 2.37. The number of anilines is 3. The van der Waals surface area contributed by atoms with Gasteiger partial charge in [0.2, 0.25) is 5.91 Å². The van der Waals surface area contributed by atoms with E-state index in [0.717, 1.165) is 41.8 Å². The lowest BCUT2D eigenvalue weighted by atomic mass is 10.1. The first kappa shape index (κ1) is 20.0. The molecule has 0 radical (unpaired) electrons. The number of aromatic nitrogens is 3. The largest absolute Gasteiger partial charge is 0.463 e. The SMILES string of the molecule is C#Cc1ccc2c(c1)N(c1ncnc3cnc(NC(=O)C=CC(=O)OCC)cc13)CC2. The Kier molecular flexibility index (Phi) is 5.58. The number of esters is 1. The summed E-state index contributed by atoms with van der Waals surface area (Å²) in [6.07, 6.45) is 11.7. The molecule has 1 aliphatic heterocycles. The Morgan fingerprint density at radius 2 is 2.13 bits per heavy atom. The number of nitrogens with one attached hydrogen (secondary N) is 1. The number of hydrogen-bond donors (Lipinski definition) is 1. The molecule has 8 heteroatoms. The van der Waals surface area contributed by atoms with Crippen molar-refractivity contribution in [3.63, 3.8) is 0 Å². The molecule has 154 valence electrons. The minimum absolute atomic E-state index is 0.238. The van der Waals surface area contributed by atoms with Crippen LogP contribution >= 0.6 is 0 Å². The molecule has 0 saturated heterocycles. The molecule has 0 saturated carbocycles. The van der Waals surface area contributed by atoms with Crippen LogP contribution < -0.4 is 10.2 Å². The van der Waals surface area contributed by atoms with Crippen LogP contribution in [0.3, 0.4) is 0 Å². The predicted molar refractivity (Wildman–Crippen MR) is 117 cm³/mol. The molecule has 0 aliphatic carbocycles. The van der Waals surface area contributed by atoms with Crippen LogP contribution in [0, 0.1) is 12.3 Å². The van der Waals surface area contributed by atoms with Crippen molar-refractivity contribution in [2.75, 3.05) is 23.4 Å². The van der Waals surface area contributed by atoms with E-state index < -0.39 is 11.9 Å². The number of carbonyl (C=O) groups excluding carboxylic acids is 2. The summed E-state index contributed by atoms with van der Waals surface area (Å²) in [6, 6.07) is 7.66. The van der Waals surface area contributed by atoms with Gasteiger partial charge < -0.3 is 15.0 Å². The van der Waals surface area contributed by atoms with E-state index in [1.54, 1.807) is 19.2 Å². The van der Waals surface area contributed by atoms with Crippen molar-refractivity contribution in [3.8, 4) is 12.3 Å². The molecule has 1 amide bonds. The fourth-order valence-electron chi connectivity index (χ4n) is 3.42. The number of rotatable bonds is 5. The molecule has 1 N–H and O–H groups in total. The highest BCUT2D eigenvalue weighted by atomic mass is 16.5. The molecule has 0 bridgehead atoms. The van der Waals surface area contributed by atoms with Gasteiger partial charge in [-0.25, -0.2) is 19.7 Å². The van der Waals surface area contributed by atoms with E-state index in [4.69, 9.17) is 11.2 Å². The van der Waals surface area contributed by atoms with E-state index in [1.165, 1.54) is 11.9 Å². The topological polar surface area (TPSA) is 97.3 Å². The van der Waals surface area contributed by atoms with Crippen molar-refractivity contribution < 1.29 is 14.3 Å². The molecule has 0 fully saturated rings. The number of pyridine rings is 1. The molecule has 1 aromatic carbocycles. The molecule has 3 aromatic rings. The average molecular weight is 413 g/mol. The summed E-state index contributed by atoms with van der Waals surface area (Å²) >= 11 is 0. The maximum Gasteiger partial charge on any atom is 0.330 e. The lowest BCUT2D eigenvalue weighted by molar-refractivity contribution is -0.137. The number of benzene rings is 1. The van der Waals surface area contributed by atoms with E-state index in [1.807, 2.05) is 18.2 Å². The highest BCUT2D eigenvalue weighted by molar-refractivity contribution is 6.03. The lowest BCUT2D eigenvalue weighted by Gasteiger charge is -2.20. The van der Waals surface area contributed by atoms with Gasteiger partial charge in [0, 0.05) is 35.3 Å². The molecular weight excluding hydrogens is 394 g/mol. The number of carbonyl (C=O) groups is 2. The number of ether oxygens (including phenoxy) is 1. The van der Waals surface area contributed by atoms with Gasteiger partial charge in [-0.1, -0.05) is 12.0 Å². The standard InChI is InChI=1S/C23H19N5O3/c1-3-15-5-6-16-9-10-28(19(16)11-15)23-17-12-20(24-13-18(17)25-14-26-23)27-21(29)7-8-22(30)31-4-2/h1,5-8,11-14H,4,9-10H2,2H3,(H,24,27,29). The van der Waals surface area contributed by atoms with Crippen LogP contribution in [0.15, 0.2) is 48.9 Å². The summed E-state index contributed by atoms with van der Waals surface area (Å²) in [6.45, 7) is 2.68. The normalized spacial score (nSPS) is 12.6. The highest BCUT2D eigenvalue weighted by Gasteiger charge is 2.23. The molecule has 2 aromatic heterocycles. The van der Waals surface area contributed by atoms with Gasteiger partial charge in [0.15, 0.2) is 0 Å². The van der Waals surface area contributed by atoms with E-state index in [9.17, 15) is 9.59 Å². The third kappa shape index (κ3) is 4.21. The number of amides is 1.